The molecule has 0 amide bonds. The Labute approximate surface area is 192 Å². The highest BCUT2D eigenvalue weighted by atomic mass is 16.5. The topological polar surface area (TPSA) is 65.0 Å². The maximum absolute atomic E-state index is 10.7. The molecule has 0 heterocycles. The van der Waals surface area contributed by atoms with Crippen LogP contribution in [-0.2, 0) is 4.79 Å². The van der Waals surface area contributed by atoms with Crippen LogP contribution in [0.2, 0.25) is 0 Å². The quantitative estimate of drug-likeness (QED) is 0.326. The van der Waals surface area contributed by atoms with E-state index in [1.807, 2.05) is 72.8 Å². The molecule has 0 unspecified atom stereocenters. The largest absolute Gasteiger partial charge is 0.497 e. The van der Waals surface area contributed by atoms with Gasteiger partial charge in [-0.2, -0.15) is 0 Å². The third-order valence-electron chi connectivity index (χ3n) is 5.28. The van der Waals surface area contributed by atoms with Crippen molar-refractivity contribution in [3.63, 3.8) is 0 Å². The van der Waals surface area contributed by atoms with E-state index in [2.05, 4.69) is 6.07 Å². The van der Waals surface area contributed by atoms with E-state index in [0.29, 0.717) is 5.75 Å². The van der Waals surface area contributed by atoms with Crippen molar-refractivity contribution < 1.29 is 24.1 Å². The van der Waals surface area contributed by atoms with Crippen LogP contribution in [0.3, 0.4) is 0 Å². The highest BCUT2D eigenvalue weighted by Gasteiger charge is 2.13. The van der Waals surface area contributed by atoms with Crippen molar-refractivity contribution in [2.75, 3.05) is 14.2 Å². The summed E-state index contributed by atoms with van der Waals surface area (Å²) in [5.74, 6) is 2.14. The van der Waals surface area contributed by atoms with Crippen molar-refractivity contribution in [2.45, 2.75) is 6.42 Å². The zero-order valence-corrected chi connectivity index (χ0v) is 18.4. The Morgan fingerprint density at radius 3 is 2.15 bits per heavy atom. The standard InChI is InChI=1S/C28H24O5/c1-31-22-13-8-20(9-14-22)25-16-10-21-18-24(32-2)15-17-26(21)28(25)33-23-11-6-19(7-12-23)4-3-5-27(29)30/h3-4,6-18H,5H2,1-2H3,(H,29,30)/b4-3+. The van der Waals surface area contributed by atoms with E-state index >= 15 is 0 Å². The lowest BCUT2D eigenvalue weighted by Crippen LogP contribution is -1.92. The third kappa shape index (κ3) is 5.15. The van der Waals surface area contributed by atoms with Crippen LogP contribution in [0.5, 0.6) is 23.0 Å². The number of hydrogen-bond donors (Lipinski definition) is 1. The zero-order valence-electron chi connectivity index (χ0n) is 18.4. The fourth-order valence-electron chi connectivity index (χ4n) is 3.57. The SMILES string of the molecule is COc1ccc(-c2ccc3cc(OC)ccc3c2Oc2ccc(/C=C/CC(=O)O)cc2)cc1. The smallest absolute Gasteiger partial charge is 0.307 e. The van der Waals surface area contributed by atoms with Crippen molar-refractivity contribution >= 4 is 22.8 Å². The molecule has 0 atom stereocenters. The minimum absolute atomic E-state index is 0.0110. The summed E-state index contributed by atoms with van der Waals surface area (Å²) in [5.41, 5.74) is 2.87. The number of hydrogen-bond acceptors (Lipinski definition) is 4. The molecule has 0 saturated carbocycles. The number of aliphatic carboxylic acids is 1. The van der Waals surface area contributed by atoms with Crippen LogP contribution < -0.4 is 14.2 Å². The molecule has 5 nitrogen and oxygen atoms in total. The molecule has 0 aliphatic carbocycles. The molecule has 33 heavy (non-hydrogen) atoms. The molecule has 0 radical (unpaired) electrons. The third-order valence-corrected chi connectivity index (χ3v) is 5.28. The molecule has 4 aromatic rings. The Balaban J connectivity index is 1.73. The lowest BCUT2D eigenvalue weighted by molar-refractivity contribution is -0.135. The summed E-state index contributed by atoms with van der Waals surface area (Å²) in [6, 6.07) is 25.4. The second-order valence-electron chi connectivity index (χ2n) is 7.43. The second-order valence-corrected chi connectivity index (χ2v) is 7.43. The van der Waals surface area contributed by atoms with E-state index in [1.165, 1.54) is 0 Å². The predicted molar refractivity (Wildman–Crippen MR) is 130 cm³/mol. The van der Waals surface area contributed by atoms with Crippen LogP contribution in [0, 0.1) is 0 Å². The lowest BCUT2D eigenvalue weighted by Gasteiger charge is -2.16. The molecular weight excluding hydrogens is 416 g/mol. The summed E-state index contributed by atoms with van der Waals surface area (Å²) in [5, 5.41) is 10.8. The Morgan fingerprint density at radius 1 is 0.818 bits per heavy atom. The fraction of sp³-hybridized carbons (Fsp3) is 0.107. The van der Waals surface area contributed by atoms with Crippen LogP contribution in [0.4, 0.5) is 0 Å². The van der Waals surface area contributed by atoms with Gasteiger partial charge in [-0.25, -0.2) is 0 Å². The number of carbonyl (C=O) groups is 1. The van der Waals surface area contributed by atoms with Gasteiger partial charge in [0.15, 0.2) is 0 Å². The van der Waals surface area contributed by atoms with E-state index in [1.54, 1.807) is 26.4 Å². The minimum atomic E-state index is -0.857. The molecule has 0 fully saturated rings. The van der Waals surface area contributed by atoms with Crippen LogP contribution >= 0.6 is 0 Å². The average molecular weight is 440 g/mol. The first-order chi connectivity index (χ1) is 16.1. The number of methoxy groups -OCH3 is 2. The molecule has 4 rings (SSSR count). The monoisotopic (exact) mass is 440 g/mol. The molecule has 0 aliphatic heterocycles. The molecule has 0 spiro atoms. The summed E-state index contributed by atoms with van der Waals surface area (Å²) < 4.78 is 17.1. The van der Waals surface area contributed by atoms with Crippen molar-refractivity contribution in [1.82, 2.24) is 0 Å². The molecule has 166 valence electrons. The molecule has 1 N–H and O–H groups in total. The molecule has 0 saturated heterocycles. The average Bonchev–Trinajstić information content (AvgIpc) is 2.85. The number of benzene rings is 4. The van der Waals surface area contributed by atoms with Crippen molar-refractivity contribution in [3.05, 3.63) is 90.5 Å². The van der Waals surface area contributed by atoms with Gasteiger partial charge in [-0.1, -0.05) is 42.5 Å². The Bertz CT molecular complexity index is 1290. The van der Waals surface area contributed by atoms with Crippen LogP contribution in [-0.4, -0.2) is 25.3 Å². The number of carboxylic acids is 1. The van der Waals surface area contributed by atoms with Gasteiger partial charge in [0.25, 0.3) is 0 Å². The summed E-state index contributed by atoms with van der Waals surface area (Å²) in [4.78, 5) is 10.7. The molecular formula is C28H24O5. The van der Waals surface area contributed by atoms with Crippen LogP contribution in [0.15, 0.2) is 84.9 Å². The first-order valence-corrected chi connectivity index (χ1v) is 10.5. The van der Waals surface area contributed by atoms with Crippen LogP contribution in [0.1, 0.15) is 12.0 Å². The summed E-state index contributed by atoms with van der Waals surface area (Å²) in [6.45, 7) is 0. The summed E-state index contributed by atoms with van der Waals surface area (Å²) >= 11 is 0. The first kappa shape index (κ1) is 22.0. The lowest BCUT2D eigenvalue weighted by atomic mass is 9.99. The van der Waals surface area contributed by atoms with Gasteiger partial charge >= 0.3 is 5.97 Å². The van der Waals surface area contributed by atoms with Crippen LogP contribution in [0.25, 0.3) is 28.0 Å². The predicted octanol–water partition coefficient (Wildman–Crippen LogP) is 6.80. The Hall–Kier alpha value is -4.25. The van der Waals surface area contributed by atoms with Gasteiger partial charge in [0.1, 0.15) is 23.0 Å². The van der Waals surface area contributed by atoms with E-state index in [-0.39, 0.29) is 6.42 Å². The van der Waals surface area contributed by atoms with Crippen molar-refractivity contribution in [2.24, 2.45) is 0 Å². The van der Waals surface area contributed by atoms with Crippen molar-refractivity contribution in [3.8, 4) is 34.1 Å². The maximum atomic E-state index is 10.7. The van der Waals surface area contributed by atoms with E-state index in [9.17, 15) is 4.79 Å². The highest BCUT2D eigenvalue weighted by molar-refractivity contribution is 5.96. The van der Waals surface area contributed by atoms with Gasteiger partial charge in [0.05, 0.1) is 20.6 Å². The van der Waals surface area contributed by atoms with E-state index < -0.39 is 5.97 Å². The van der Waals surface area contributed by atoms with Gasteiger partial charge in [0.2, 0.25) is 0 Å². The summed E-state index contributed by atoms with van der Waals surface area (Å²) in [7, 11) is 3.30. The molecule has 4 aromatic carbocycles. The Morgan fingerprint density at radius 2 is 1.48 bits per heavy atom. The van der Waals surface area contributed by atoms with Gasteiger partial charge in [-0.3, -0.25) is 4.79 Å². The van der Waals surface area contributed by atoms with E-state index in [4.69, 9.17) is 19.3 Å². The molecule has 0 aromatic heterocycles. The maximum Gasteiger partial charge on any atom is 0.307 e. The number of rotatable bonds is 8. The normalized spacial score (nSPS) is 11.0. The van der Waals surface area contributed by atoms with E-state index in [0.717, 1.165) is 44.7 Å². The minimum Gasteiger partial charge on any atom is -0.497 e. The Kier molecular flexibility index (Phi) is 6.60. The van der Waals surface area contributed by atoms with Gasteiger partial charge < -0.3 is 19.3 Å². The zero-order chi connectivity index (χ0) is 23.2. The molecule has 0 aliphatic rings. The van der Waals surface area contributed by atoms with Gasteiger partial charge in [-0.15, -0.1) is 0 Å². The number of fused-ring (bicyclic) bond motifs is 1. The first-order valence-electron chi connectivity index (χ1n) is 10.5. The number of carboxylic acid groups (broad SMARTS) is 1. The number of ether oxygens (including phenoxy) is 3. The molecule has 0 bridgehead atoms. The fourth-order valence-corrected chi connectivity index (χ4v) is 3.57. The highest BCUT2D eigenvalue weighted by Crippen LogP contribution is 2.41. The summed E-state index contributed by atoms with van der Waals surface area (Å²) in [6.07, 6.45) is 3.39. The van der Waals surface area contributed by atoms with Gasteiger partial charge in [-0.05, 0) is 65.0 Å². The second kappa shape index (κ2) is 9.92. The van der Waals surface area contributed by atoms with Gasteiger partial charge in [0, 0.05) is 10.9 Å². The van der Waals surface area contributed by atoms with Crippen molar-refractivity contribution in [1.29, 1.82) is 0 Å². The molecule has 5 heteroatoms.